The van der Waals surface area contributed by atoms with Crippen LogP contribution in [0.3, 0.4) is 0 Å². The van der Waals surface area contributed by atoms with Gasteiger partial charge in [-0.2, -0.15) is 13.2 Å². The molecule has 0 fully saturated rings. The van der Waals surface area contributed by atoms with Crippen molar-refractivity contribution in [2.24, 2.45) is 11.8 Å². The van der Waals surface area contributed by atoms with Gasteiger partial charge >= 0.3 is 12.1 Å². The van der Waals surface area contributed by atoms with Crippen molar-refractivity contribution < 1.29 is 27.5 Å². The second-order valence-corrected chi connectivity index (χ2v) is 8.57. The molecule has 0 aliphatic rings. The van der Waals surface area contributed by atoms with Gasteiger partial charge in [0.2, 0.25) is 5.91 Å². The van der Waals surface area contributed by atoms with Gasteiger partial charge in [0.25, 0.3) is 0 Å². The Hall–Kier alpha value is -2.25. The molecule has 3 atom stereocenters. The molecular formula is C24H26Cl2F3NO3. The molecule has 180 valence electrons. The minimum atomic E-state index is -4.60. The fraction of sp³-hybridized carbons (Fsp3) is 0.417. The lowest BCUT2D eigenvalue weighted by atomic mass is 9.85. The van der Waals surface area contributed by atoms with Crippen LogP contribution in [0.4, 0.5) is 18.9 Å². The summed E-state index contributed by atoms with van der Waals surface area (Å²) in [6.45, 7) is 4.80. The van der Waals surface area contributed by atoms with Gasteiger partial charge in [0.15, 0.2) is 0 Å². The molecule has 0 aromatic heterocycles. The number of carbonyl (C=O) groups excluding carboxylic acids is 2. The number of carbonyl (C=O) groups is 2. The van der Waals surface area contributed by atoms with E-state index in [-0.39, 0.29) is 34.8 Å². The number of anilines is 1. The van der Waals surface area contributed by atoms with E-state index < -0.39 is 23.9 Å². The summed E-state index contributed by atoms with van der Waals surface area (Å²) in [7, 11) is 0. The molecule has 1 N–H and O–H groups in total. The Morgan fingerprint density at radius 1 is 1.06 bits per heavy atom. The van der Waals surface area contributed by atoms with Crippen molar-refractivity contribution in [3.8, 4) is 0 Å². The average Bonchev–Trinajstić information content (AvgIpc) is 2.75. The van der Waals surface area contributed by atoms with Gasteiger partial charge in [0, 0.05) is 5.02 Å². The molecule has 1 unspecified atom stereocenters. The van der Waals surface area contributed by atoms with Crippen LogP contribution in [-0.4, -0.2) is 24.7 Å². The summed E-state index contributed by atoms with van der Waals surface area (Å²) in [6.07, 6.45) is -3.71. The molecule has 0 spiro atoms. The number of esters is 1. The normalized spacial score (nSPS) is 14.3. The first-order valence-electron chi connectivity index (χ1n) is 10.6. The van der Waals surface area contributed by atoms with Crippen LogP contribution in [0.2, 0.25) is 10.0 Å². The smallest absolute Gasteiger partial charge is 0.392 e. The van der Waals surface area contributed by atoms with Gasteiger partial charge in [-0.15, -0.1) is 0 Å². The molecule has 4 nitrogen and oxygen atoms in total. The van der Waals surface area contributed by atoms with E-state index in [4.69, 9.17) is 27.9 Å². The lowest BCUT2D eigenvalue weighted by molar-refractivity contribution is -0.178. The predicted molar refractivity (Wildman–Crippen MR) is 124 cm³/mol. The lowest BCUT2D eigenvalue weighted by Crippen LogP contribution is -2.34. The molecule has 33 heavy (non-hydrogen) atoms. The van der Waals surface area contributed by atoms with Crippen LogP contribution < -0.4 is 5.32 Å². The molecule has 2 aromatic carbocycles. The van der Waals surface area contributed by atoms with E-state index in [1.165, 1.54) is 30.3 Å². The molecule has 0 saturated heterocycles. The highest BCUT2D eigenvalue weighted by atomic mass is 35.5. The van der Waals surface area contributed by atoms with E-state index in [0.29, 0.717) is 23.4 Å². The first-order chi connectivity index (χ1) is 15.5. The SMILES string of the molecule is CCOC(=O)C(CC)Cc1ccc(Cl)c(NC(=O)[C@H](c2ccc(Cl)cc2)[C@@H](C)C(F)(F)F)c1. The third-order valence-electron chi connectivity index (χ3n) is 5.41. The van der Waals surface area contributed by atoms with E-state index in [1.807, 2.05) is 6.92 Å². The largest absolute Gasteiger partial charge is 0.466 e. The van der Waals surface area contributed by atoms with Crippen LogP contribution in [-0.2, 0) is 20.7 Å². The maximum Gasteiger partial charge on any atom is 0.392 e. The number of benzene rings is 2. The van der Waals surface area contributed by atoms with Crippen molar-refractivity contribution in [2.75, 3.05) is 11.9 Å². The Balaban J connectivity index is 2.32. The zero-order chi connectivity index (χ0) is 24.8. The van der Waals surface area contributed by atoms with Gasteiger partial charge in [-0.05, 0) is 55.2 Å². The van der Waals surface area contributed by atoms with Gasteiger partial charge in [0.05, 0.1) is 35.1 Å². The maximum atomic E-state index is 13.6. The van der Waals surface area contributed by atoms with Gasteiger partial charge in [-0.25, -0.2) is 0 Å². The van der Waals surface area contributed by atoms with Gasteiger partial charge < -0.3 is 10.1 Å². The first kappa shape index (κ1) is 27.0. The molecule has 1 amide bonds. The van der Waals surface area contributed by atoms with E-state index in [2.05, 4.69) is 5.32 Å². The molecule has 2 rings (SSSR count). The van der Waals surface area contributed by atoms with E-state index in [1.54, 1.807) is 19.1 Å². The van der Waals surface area contributed by atoms with Crippen LogP contribution in [0.25, 0.3) is 0 Å². The number of ether oxygens (including phenoxy) is 1. The molecule has 0 aliphatic carbocycles. The van der Waals surface area contributed by atoms with Gasteiger partial charge in [0.1, 0.15) is 0 Å². The van der Waals surface area contributed by atoms with Crippen molar-refractivity contribution in [1.29, 1.82) is 0 Å². The summed E-state index contributed by atoms with van der Waals surface area (Å²) in [5.74, 6) is -5.03. The van der Waals surface area contributed by atoms with Crippen molar-refractivity contribution in [1.82, 2.24) is 0 Å². The second-order valence-electron chi connectivity index (χ2n) is 7.72. The lowest BCUT2D eigenvalue weighted by Gasteiger charge is -2.26. The van der Waals surface area contributed by atoms with Crippen molar-refractivity contribution >= 4 is 40.8 Å². The van der Waals surface area contributed by atoms with Crippen molar-refractivity contribution in [3.63, 3.8) is 0 Å². The Morgan fingerprint density at radius 2 is 1.70 bits per heavy atom. The first-order valence-corrected chi connectivity index (χ1v) is 11.3. The summed E-state index contributed by atoms with van der Waals surface area (Å²) in [6, 6.07) is 10.5. The number of rotatable bonds is 9. The van der Waals surface area contributed by atoms with E-state index in [9.17, 15) is 22.8 Å². The number of nitrogens with one attached hydrogen (secondary N) is 1. The van der Waals surface area contributed by atoms with Gasteiger partial charge in [-0.3, -0.25) is 9.59 Å². The highest BCUT2D eigenvalue weighted by Gasteiger charge is 2.45. The van der Waals surface area contributed by atoms with Crippen LogP contribution in [0.1, 0.15) is 44.2 Å². The van der Waals surface area contributed by atoms with Crippen molar-refractivity contribution in [3.05, 3.63) is 63.6 Å². The number of hydrogen-bond donors (Lipinski definition) is 1. The Labute approximate surface area is 201 Å². The molecule has 0 aliphatic heterocycles. The zero-order valence-corrected chi connectivity index (χ0v) is 20.0. The predicted octanol–water partition coefficient (Wildman–Crippen LogP) is 7.05. The minimum Gasteiger partial charge on any atom is -0.466 e. The summed E-state index contributed by atoms with van der Waals surface area (Å²) >= 11 is 12.1. The number of halogens is 5. The average molecular weight is 504 g/mol. The molecule has 0 radical (unpaired) electrons. The fourth-order valence-electron chi connectivity index (χ4n) is 3.47. The van der Waals surface area contributed by atoms with E-state index in [0.717, 1.165) is 6.92 Å². The molecule has 0 bridgehead atoms. The number of hydrogen-bond acceptors (Lipinski definition) is 3. The second kappa shape index (κ2) is 11.7. The summed E-state index contributed by atoms with van der Waals surface area (Å²) in [5, 5.41) is 3.06. The zero-order valence-electron chi connectivity index (χ0n) is 18.5. The minimum absolute atomic E-state index is 0.172. The van der Waals surface area contributed by atoms with E-state index >= 15 is 0 Å². The monoisotopic (exact) mass is 503 g/mol. The summed E-state index contributed by atoms with van der Waals surface area (Å²) < 4.78 is 45.7. The topological polar surface area (TPSA) is 55.4 Å². The summed E-state index contributed by atoms with van der Waals surface area (Å²) in [5.41, 5.74) is 1.05. The molecule has 0 saturated carbocycles. The molecule has 0 heterocycles. The number of alkyl halides is 3. The highest BCUT2D eigenvalue weighted by molar-refractivity contribution is 6.33. The quantitative estimate of drug-likeness (QED) is 0.373. The van der Waals surface area contributed by atoms with Crippen molar-refractivity contribution in [2.45, 2.75) is 45.7 Å². The molecule has 9 heteroatoms. The van der Waals surface area contributed by atoms with Crippen LogP contribution in [0.5, 0.6) is 0 Å². The standard InChI is InChI=1S/C24H26Cl2F3NO3/c1-4-16(23(32)33-5-2)12-15-6-11-19(26)20(13-15)30-22(31)21(14(3)24(27,28)29)17-7-9-18(25)10-8-17/h6-11,13-14,16,21H,4-5,12H2,1-3H3,(H,30,31)/t14-,16?,21+/m1/s1. The Bertz CT molecular complexity index is 964. The van der Waals surface area contributed by atoms with Crippen LogP contribution >= 0.6 is 23.2 Å². The van der Waals surface area contributed by atoms with Crippen LogP contribution in [0.15, 0.2) is 42.5 Å². The third-order valence-corrected chi connectivity index (χ3v) is 5.99. The summed E-state index contributed by atoms with van der Waals surface area (Å²) in [4.78, 5) is 25.2. The number of amides is 1. The van der Waals surface area contributed by atoms with Crippen LogP contribution in [0, 0.1) is 11.8 Å². The fourth-order valence-corrected chi connectivity index (χ4v) is 3.76. The highest BCUT2D eigenvalue weighted by Crippen LogP contribution is 2.39. The Morgan fingerprint density at radius 3 is 2.24 bits per heavy atom. The van der Waals surface area contributed by atoms with Gasteiger partial charge in [-0.1, -0.05) is 55.2 Å². The third kappa shape index (κ3) is 7.37. The maximum absolute atomic E-state index is 13.6. The molecule has 2 aromatic rings. The Kier molecular flexibility index (Phi) is 9.61. The molecular weight excluding hydrogens is 478 g/mol.